The Morgan fingerprint density at radius 3 is 2.51 bits per heavy atom. The third-order valence-electron chi connectivity index (χ3n) is 17.6. The number of carbonyl (C=O) groups is 4. The minimum Gasteiger partial charge on any atom is -0.455 e. The number of amides is 4. The van der Waals surface area contributed by atoms with Crippen molar-refractivity contribution in [1.29, 1.82) is 0 Å². The third kappa shape index (κ3) is 13.9. The van der Waals surface area contributed by atoms with Gasteiger partial charge in [-0.15, -0.1) is 5.10 Å². The van der Waals surface area contributed by atoms with Gasteiger partial charge >= 0.3 is 0 Å². The number of nitro groups is 1. The van der Waals surface area contributed by atoms with Gasteiger partial charge in [0, 0.05) is 117 Å². The lowest BCUT2D eigenvalue weighted by atomic mass is 9.72. The van der Waals surface area contributed by atoms with E-state index in [4.69, 9.17) is 16.3 Å². The molecule has 12 rings (SSSR count). The van der Waals surface area contributed by atoms with Gasteiger partial charge in [-0.05, 0) is 140 Å². The van der Waals surface area contributed by atoms with E-state index in [9.17, 15) is 37.7 Å². The van der Waals surface area contributed by atoms with E-state index in [0.717, 1.165) is 93.2 Å². The first-order chi connectivity index (χ1) is 42.9. The smallest absolute Gasteiger partial charge is 0.293 e. The zero-order valence-electron chi connectivity index (χ0n) is 49.5. The lowest BCUT2D eigenvalue weighted by Gasteiger charge is -2.39. The molecule has 22 nitrogen and oxygen atoms in total. The summed E-state index contributed by atoms with van der Waals surface area (Å²) in [6.45, 7) is 11.8. The molecule has 1 unspecified atom stereocenters. The fourth-order valence-corrected chi connectivity index (χ4v) is 13.7. The van der Waals surface area contributed by atoms with Crippen molar-refractivity contribution in [3.05, 3.63) is 164 Å². The first-order valence-electron chi connectivity index (χ1n) is 30.0. The molecule has 89 heavy (non-hydrogen) atoms. The van der Waals surface area contributed by atoms with Gasteiger partial charge in [0.2, 0.25) is 11.8 Å². The molecule has 4 amide bonds. The summed E-state index contributed by atoms with van der Waals surface area (Å²) >= 11 is 6.27. The molecule has 460 valence electrons. The molecule has 0 bridgehead atoms. The van der Waals surface area contributed by atoms with E-state index in [0.29, 0.717) is 66.7 Å². The summed E-state index contributed by atoms with van der Waals surface area (Å²) in [6, 6.07) is 25.0. The molecular weight excluding hydrogens is 1170 g/mol. The quantitative estimate of drug-likeness (QED) is 0.0270. The molecular formula is C65H68ClN13O9S. The number of anilines is 2. The van der Waals surface area contributed by atoms with E-state index in [2.05, 4.69) is 88.2 Å². The van der Waals surface area contributed by atoms with Crippen LogP contribution in [0.2, 0.25) is 5.02 Å². The number of halogens is 1. The number of allylic oxidation sites excluding steroid dienone is 1. The molecule has 4 N–H and O–H groups in total. The van der Waals surface area contributed by atoms with Gasteiger partial charge in [-0.25, -0.2) is 18.1 Å². The fraction of sp³-hybridized carbons (Fsp3) is 0.369. The van der Waals surface area contributed by atoms with Crippen molar-refractivity contribution in [3.63, 3.8) is 0 Å². The normalized spacial score (nSPS) is 18.4. The van der Waals surface area contributed by atoms with Gasteiger partial charge in [0.15, 0.2) is 0 Å². The molecule has 4 aromatic carbocycles. The lowest BCUT2D eigenvalue weighted by molar-refractivity contribution is -0.384. The van der Waals surface area contributed by atoms with Gasteiger partial charge in [0.25, 0.3) is 27.5 Å². The van der Waals surface area contributed by atoms with E-state index in [-0.39, 0.29) is 59.5 Å². The van der Waals surface area contributed by atoms with Crippen LogP contribution in [0.5, 0.6) is 11.5 Å². The Morgan fingerprint density at radius 2 is 1.72 bits per heavy atom. The van der Waals surface area contributed by atoms with Crippen molar-refractivity contribution >= 4 is 78.9 Å². The SMILES string of the molecule is CC1(C)CCC(CN2CCN(c3ccc(C(=O)NS(=O)(=O)c4ccc(NCC5CCN(Cc6cn(CCC#Cc7cccc8c7CN(C7CCC(=O)NC7=O)C8=O)nn6)CC5)c([N+](=O)[O-])c4)c(Oc4cnc5[nH]ccc5c4)c3)CC2)=C(c2ccc(Cl)cc2)C1. The van der Waals surface area contributed by atoms with Crippen LogP contribution in [-0.4, -0.2) is 135 Å². The molecule has 5 aliphatic rings. The summed E-state index contributed by atoms with van der Waals surface area (Å²) < 4.78 is 38.3. The van der Waals surface area contributed by atoms with Gasteiger partial charge in [0.1, 0.15) is 28.9 Å². The molecule has 24 heteroatoms. The molecule has 3 fully saturated rings. The molecule has 4 aliphatic heterocycles. The van der Waals surface area contributed by atoms with E-state index in [1.807, 2.05) is 30.5 Å². The molecule has 0 saturated carbocycles. The second-order valence-electron chi connectivity index (χ2n) is 24.3. The number of likely N-dealkylation sites (tertiary alicyclic amines) is 1. The number of hydrogen-bond donors (Lipinski definition) is 4. The van der Waals surface area contributed by atoms with Crippen LogP contribution in [0.15, 0.2) is 120 Å². The Morgan fingerprint density at radius 1 is 0.921 bits per heavy atom. The Labute approximate surface area is 520 Å². The van der Waals surface area contributed by atoms with Crippen LogP contribution in [0.25, 0.3) is 16.6 Å². The Bertz CT molecular complexity index is 4120. The standard InChI is InChI=1S/C65H68ClN13O9S/c1-65(2)23-19-46(54(35-65)44-9-11-47(66)12-10-44)38-75-28-30-76(31-29-75)49-13-15-53(59(33-49)88-50-32-45-20-24-67-61(45)69-37-50)62(81)72-89(86,87)51-14-16-56(58(34-51)79(84)85)68-36-42-21-26-74(27-22-42)39-48-40-77(73-71-48)25-4-3-6-43-7-5-8-52-55(43)41-78(64(52)83)57-17-18-60(80)70-63(57)82/h5,7-16,20,24,32-34,37,40,42,57,68H,4,17-19,21-23,25-31,35-36,38-39,41H2,1-2H3,(H,67,69)(H,72,81)(H,70,80,82). The number of aromatic amines is 1. The van der Waals surface area contributed by atoms with Crippen LogP contribution in [-0.2, 0) is 39.2 Å². The number of hydrogen-bond acceptors (Lipinski definition) is 16. The maximum absolute atomic E-state index is 14.2. The number of nitrogens with one attached hydrogen (secondary N) is 4. The number of piperidine rings is 2. The monoisotopic (exact) mass is 1240 g/mol. The highest BCUT2D eigenvalue weighted by atomic mass is 35.5. The summed E-state index contributed by atoms with van der Waals surface area (Å²) in [6.07, 6.45) is 10.9. The largest absolute Gasteiger partial charge is 0.455 e. The van der Waals surface area contributed by atoms with E-state index in [1.165, 1.54) is 46.0 Å². The number of H-pyrrole nitrogens is 1. The topological polar surface area (TPSA) is 263 Å². The van der Waals surface area contributed by atoms with E-state index < -0.39 is 43.4 Å². The number of sulfonamides is 1. The van der Waals surface area contributed by atoms with Crippen LogP contribution in [0, 0.1) is 33.3 Å². The number of benzene rings is 4. The number of aromatic nitrogens is 5. The number of pyridine rings is 1. The number of rotatable bonds is 18. The van der Waals surface area contributed by atoms with Crippen LogP contribution in [0.1, 0.15) is 108 Å². The maximum Gasteiger partial charge on any atom is 0.293 e. The zero-order chi connectivity index (χ0) is 62.0. The maximum atomic E-state index is 14.2. The first-order valence-corrected chi connectivity index (χ1v) is 31.9. The number of aryl methyl sites for hydroxylation is 1. The summed E-state index contributed by atoms with van der Waals surface area (Å²) in [5.41, 5.74) is 8.14. The molecule has 1 atom stereocenters. The highest BCUT2D eigenvalue weighted by Gasteiger charge is 2.40. The van der Waals surface area contributed by atoms with Crippen molar-refractivity contribution in [2.45, 2.75) is 95.8 Å². The Hall–Kier alpha value is -8.95. The van der Waals surface area contributed by atoms with Gasteiger partial charge < -0.3 is 24.8 Å². The molecule has 0 radical (unpaired) electrons. The van der Waals surface area contributed by atoms with Crippen molar-refractivity contribution in [2.24, 2.45) is 11.3 Å². The Balaban J connectivity index is 0.641. The lowest BCUT2D eigenvalue weighted by Crippen LogP contribution is -2.52. The number of nitrogens with zero attached hydrogens (tertiary/aromatic N) is 9. The molecule has 0 spiro atoms. The average Bonchev–Trinajstić information content (AvgIpc) is 2.33. The van der Waals surface area contributed by atoms with Crippen molar-refractivity contribution in [2.75, 3.05) is 62.6 Å². The van der Waals surface area contributed by atoms with Crippen LogP contribution < -0.4 is 25.0 Å². The van der Waals surface area contributed by atoms with Gasteiger partial charge in [-0.2, -0.15) is 0 Å². The highest BCUT2D eigenvalue weighted by molar-refractivity contribution is 7.90. The first kappa shape index (κ1) is 60.3. The number of piperazine rings is 1. The molecule has 1 aliphatic carbocycles. The van der Waals surface area contributed by atoms with Crippen molar-refractivity contribution in [1.82, 2.24) is 49.7 Å². The van der Waals surface area contributed by atoms with Crippen LogP contribution in [0.3, 0.4) is 0 Å². The van der Waals surface area contributed by atoms with Crippen molar-refractivity contribution in [3.8, 4) is 23.3 Å². The number of fused-ring (bicyclic) bond motifs is 2. The number of carbonyl (C=O) groups excluding carboxylic acids is 4. The van der Waals surface area contributed by atoms with Gasteiger partial charge in [-0.1, -0.05) is 66.3 Å². The second-order valence-corrected chi connectivity index (χ2v) is 26.4. The number of imide groups is 1. The summed E-state index contributed by atoms with van der Waals surface area (Å²) in [5, 5.41) is 28.2. The average molecular weight is 1240 g/mol. The van der Waals surface area contributed by atoms with Gasteiger partial charge in [-0.3, -0.25) is 49.1 Å². The predicted octanol–water partition coefficient (Wildman–Crippen LogP) is 8.94. The fourth-order valence-electron chi connectivity index (χ4n) is 12.6. The number of nitro benzene ring substituents is 1. The summed E-state index contributed by atoms with van der Waals surface area (Å²) in [5.74, 6) is 4.97. The van der Waals surface area contributed by atoms with Crippen LogP contribution in [0.4, 0.5) is 17.1 Å². The predicted molar refractivity (Wildman–Crippen MR) is 336 cm³/mol. The van der Waals surface area contributed by atoms with Crippen LogP contribution >= 0.6 is 11.6 Å². The molecule has 7 heterocycles. The van der Waals surface area contributed by atoms with E-state index in [1.54, 1.807) is 41.2 Å². The minimum atomic E-state index is -4.64. The van der Waals surface area contributed by atoms with E-state index >= 15 is 0 Å². The zero-order valence-corrected chi connectivity index (χ0v) is 51.0. The highest BCUT2D eigenvalue weighted by Crippen LogP contribution is 2.44. The summed E-state index contributed by atoms with van der Waals surface area (Å²) in [7, 11) is -4.64. The number of ether oxygens (including phenoxy) is 1. The van der Waals surface area contributed by atoms with Crippen molar-refractivity contribution < 1.29 is 37.3 Å². The summed E-state index contributed by atoms with van der Waals surface area (Å²) in [4.78, 5) is 79.0. The third-order valence-corrected chi connectivity index (χ3v) is 19.2. The van der Waals surface area contributed by atoms with Gasteiger partial charge in [0.05, 0.1) is 33.8 Å². The minimum absolute atomic E-state index is 0.0623. The molecule has 7 aromatic rings. The Kier molecular flexibility index (Phi) is 17.4. The molecule has 3 aromatic heterocycles. The second kappa shape index (κ2) is 25.6. The molecule has 3 saturated heterocycles.